The molecular formula is C32H25BrClN3O. The summed E-state index contributed by atoms with van der Waals surface area (Å²) in [7, 11) is 0. The maximum atomic E-state index is 6.53. The lowest BCUT2D eigenvalue weighted by Gasteiger charge is -2.20. The summed E-state index contributed by atoms with van der Waals surface area (Å²) in [6.07, 6.45) is 0. The largest absolute Gasteiger partial charge is 0.457 e. The first-order valence-electron chi connectivity index (χ1n) is 12.4. The van der Waals surface area contributed by atoms with Crippen molar-refractivity contribution < 1.29 is 4.74 Å². The van der Waals surface area contributed by atoms with E-state index in [-0.39, 0.29) is 5.41 Å². The molecule has 0 aliphatic carbocycles. The fourth-order valence-electron chi connectivity index (χ4n) is 4.72. The maximum absolute atomic E-state index is 6.53. The second-order valence-electron chi connectivity index (χ2n) is 10.3. The molecule has 3 heterocycles. The van der Waals surface area contributed by atoms with Crippen LogP contribution in [0, 0.1) is 0 Å². The molecule has 0 spiro atoms. The first-order chi connectivity index (χ1) is 18.3. The lowest BCUT2D eigenvalue weighted by molar-refractivity contribution is 0.482. The summed E-state index contributed by atoms with van der Waals surface area (Å²) in [5, 5.41) is 2.74. The van der Waals surface area contributed by atoms with Gasteiger partial charge < -0.3 is 4.74 Å². The van der Waals surface area contributed by atoms with Crippen LogP contribution < -0.4 is 4.74 Å². The minimum Gasteiger partial charge on any atom is -0.457 e. The Morgan fingerprint density at radius 1 is 0.737 bits per heavy atom. The highest BCUT2D eigenvalue weighted by atomic mass is 79.9. The molecule has 6 rings (SSSR count). The second-order valence-corrected chi connectivity index (χ2v) is 11.5. The van der Waals surface area contributed by atoms with E-state index in [0.29, 0.717) is 15.5 Å². The van der Waals surface area contributed by atoms with E-state index in [0.717, 1.165) is 50.2 Å². The van der Waals surface area contributed by atoms with Crippen LogP contribution in [-0.4, -0.2) is 14.5 Å². The van der Waals surface area contributed by atoms with Crippen LogP contribution in [0.2, 0.25) is 5.15 Å². The Morgan fingerprint density at radius 3 is 2.26 bits per heavy atom. The predicted molar refractivity (Wildman–Crippen MR) is 160 cm³/mol. The number of hydrogen-bond donors (Lipinski definition) is 0. The van der Waals surface area contributed by atoms with Gasteiger partial charge in [0.2, 0.25) is 0 Å². The van der Waals surface area contributed by atoms with Crippen molar-refractivity contribution in [2.75, 3.05) is 0 Å². The molecule has 0 unspecified atom stereocenters. The number of pyridine rings is 2. The highest BCUT2D eigenvalue weighted by Crippen LogP contribution is 2.37. The van der Waals surface area contributed by atoms with Gasteiger partial charge in [0.1, 0.15) is 27.1 Å². The Bertz CT molecular complexity index is 1810. The van der Waals surface area contributed by atoms with E-state index in [1.54, 1.807) is 0 Å². The van der Waals surface area contributed by atoms with Crippen molar-refractivity contribution in [2.24, 2.45) is 0 Å². The molecule has 0 saturated heterocycles. The number of halogens is 2. The highest BCUT2D eigenvalue weighted by molar-refractivity contribution is 9.10. The van der Waals surface area contributed by atoms with E-state index < -0.39 is 0 Å². The summed E-state index contributed by atoms with van der Waals surface area (Å²) < 4.78 is 9.26. The molecule has 3 aromatic carbocycles. The average molecular weight is 583 g/mol. The number of para-hydroxylation sites is 1. The Balaban J connectivity index is 1.50. The summed E-state index contributed by atoms with van der Waals surface area (Å²) in [5.74, 6) is 2.20. The van der Waals surface area contributed by atoms with Gasteiger partial charge in [-0.15, -0.1) is 0 Å². The molecule has 0 fully saturated rings. The third-order valence-corrected chi connectivity index (χ3v) is 7.19. The van der Waals surface area contributed by atoms with E-state index in [2.05, 4.69) is 82.7 Å². The van der Waals surface area contributed by atoms with Crippen LogP contribution in [0.3, 0.4) is 0 Å². The third-order valence-electron chi connectivity index (χ3n) is 6.59. The number of hydrogen-bond acceptors (Lipinski definition) is 3. The van der Waals surface area contributed by atoms with Gasteiger partial charge in [-0.25, -0.2) is 9.97 Å². The van der Waals surface area contributed by atoms with Crippen LogP contribution in [0.1, 0.15) is 26.3 Å². The van der Waals surface area contributed by atoms with E-state index in [4.69, 9.17) is 21.3 Å². The van der Waals surface area contributed by atoms with Gasteiger partial charge in [-0.1, -0.05) is 80.9 Å². The molecule has 188 valence electrons. The van der Waals surface area contributed by atoms with Gasteiger partial charge in [0.25, 0.3) is 0 Å². The molecule has 0 radical (unpaired) electrons. The SMILES string of the molecule is CC(C)(C)c1cc(Cl)nc(-n2c3ccccc3c3ccc(Oc4cc(Br)nc(-c5ccccc5)c4)cc32)c1. The van der Waals surface area contributed by atoms with Gasteiger partial charge in [0.15, 0.2) is 0 Å². The van der Waals surface area contributed by atoms with Crippen LogP contribution in [-0.2, 0) is 5.41 Å². The fraction of sp³-hybridized carbons (Fsp3) is 0.125. The molecule has 0 amide bonds. The van der Waals surface area contributed by atoms with Crippen LogP contribution >= 0.6 is 27.5 Å². The van der Waals surface area contributed by atoms with Crippen LogP contribution in [0.15, 0.2) is 102 Å². The smallest absolute Gasteiger partial charge is 0.139 e. The summed E-state index contributed by atoms with van der Waals surface area (Å²) in [6, 6.07) is 32.5. The Labute approximate surface area is 235 Å². The number of rotatable bonds is 4. The molecule has 0 aliphatic heterocycles. The van der Waals surface area contributed by atoms with Crippen molar-refractivity contribution in [1.29, 1.82) is 0 Å². The van der Waals surface area contributed by atoms with Crippen LogP contribution in [0.5, 0.6) is 11.5 Å². The molecule has 4 nitrogen and oxygen atoms in total. The van der Waals surface area contributed by atoms with E-state index >= 15 is 0 Å². The summed E-state index contributed by atoms with van der Waals surface area (Å²) in [5.41, 5.74) is 4.97. The fourth-order valence-corrected chi connectivity index (χ4v) is 5.34. The number of aromatic nitrogens is 3. The van der Waals surface area contributed by atoms with Crippen molar-refractivity contribution >= 4 is 49.3 Å². The first kappa shape index (κ1) is 24.7. The van der Waals surface area contributed by atoms with Gasteiger partial charge in [-0.05, 0) is 57.2 Å². The molecule has 0 bridgehead atoms. The highest BCUT2D eigenvalue weighted by Gasteiger charge is 2.19. The monoisotopic (exact) mass is 581 g/mol. The molecule has 6 heteroatoms. The lowest BCUT2D eigenvalue weighted by Crippen LogP contribution is -2.12. The zero-order chi connectivity index (χ0) is 26.4. The van der Waals surface area contributed by atoms with Crippen molar-refractivity contribution in [3.8, 4) is 28.6 Å². The summed E-state index contributed by atoms with van der Waals surface area (Å²) >= 11 is 10.1. The standard InChI is InChI=1S/C32H25BrClN3O/c1-32(2,3)21-15-30(34)36-31(16-21)37-27-12-8-7-11-24(27)25-14-13-22(18-28(25)37)38-23-17-26(35-29(33)19-23)20-9-5-4-6-10-20/h4-19H,1-3H3. The Hall–Kier alpha value is -3.67. The van der Waals surface area contributed by atoms with Gasteiger partial charge >= 0.3 is 0 Å². The number of fused-ring (bicyclic) bond motifs is 3. The third kappa shape index (κ3) is 4.68. The number of nitrogens with zero attached hydrogens (tertiary/aromatic N) is 3. The molecule has 6 aromatic rings. The summed E-state index contributed by atoms with van der Waals surface area (Å²) in [6.45, 7) is 6.53. The van der Waals surface area contributed by atoms with E-state index in [9.17, 15) is 0 Å². The predicted octanol–water partition coefficient (Wildman–Crippen LogP) is 9.75. The minimum absolute atomic E-state index is 0.0699. The van der Waals surface area contributed by atoms with Crippen molar-refractivity contribution in [1.82, 2.24) is 14.5 Å². The summed E-state index contributed by atoms with van der Waals surface area (Å²) in [4.78, 5) is 9.36. The van der Waals surface area contributed by atoms with Gasteiger partial charge in [-0.3, -0.25) is 4.57 Å². The van der Waals surface area contributed by atoms with Gasteiger partial charge in [-0.2, -0.15) is 0 Å². The first-order valence-corrected chi connectivity index (χ1v) is 13.6. The molecule has 0 aliphatic rings. The van der Waals surface area contributed by atoms with Crippen LogP contribution in [0.4, 0.5) is 0 Å². The van der Waals surface area contributed by atoms with E-state index in [1.165, 1.54) is 0 Å². The number of benzene rings is 3. The maximum Gasteiger partial charge on any atom is 0.139 e. The zero-order valence-electron chi connectivity index (χ0n) is 21.2. The quantitative estimate of drug-likeness (QED) is 0.194. The molecular weight excluding hydrogens is 558 g/mol. The molecule has 0 N–H and O–H groups in total. The molecule has 0 saturated carbocycles. The Morgan fingerprint density at radius 2 is 1.47 bits per heavy atom. The van der Waals surface area contributed by atoms with E-state index in [1.807, 2.05) is 60.7 Å². The molecule has 38 heavy (non-hydrogen) atoms. The van der Waals surface area contributed by atoms with Gasteiger partial charge in [0.05, 0.1) is 16.7 Å². The Kier molecular flexibility index (Phi) is 6.21. The average Bonchev–Trinajstić information content (AvgIpc) is 3.21. The van der Waals surface area contributed by atoms with Crippen LogP contribution in [0.25, 0.3) is 38.9 Å². The zero-order valence-corrected chi connectivity index (χ0v) is 23.6. The molecule has 3 aromatic heterocycles. The van der Waals surface area contributed by atoms with Gasteiger partial charge in [0, 0.05) is 34.5 Å². The normalized spacial score (nSPS) is 11.8. The number of ether oxygens (including phenoxy) is 1. The van der Waals surface area contributed by atoms with Crippen molar-refractivity contribution in [3.63, 3.8) is 0 Å². The van der Waals surface area contributed by atoms with Crippen molar-refractivity contribution in [2.45, 2.75) is 26.2 Å². The van der Waals surface area contributed by atoms with Crippen molar-refractivity contribution in [3.05, 3.63) is 112 Å². The second kappa shape index (κ2) is 9.57. The minimum atomic E-state index is -0.0699. The lowest BCUT2D eigenvalue weighted by atomic mass is 9.88. The topological polar surface area (TPSA) is 39.9 Å². The molecule has 0 atom stereocenters.